The number of halogens is 1. The van der Waals surface area contributed by atoms with E-state index in [9.17, 15) is 24.2 Å². The summed E-state index contributed by atoms with van der Waals surface area (Å²) in [6.07, 6.45) is 20.3. The molecule has 0 bridgehead atoms. The Bertz CT molecular complexity index is 2090. The van der Waals surface area contributed by atoms with Crippen LogP contribution >= 0.6 is 0 Å². The van der Waals surface area contributed by atoms with Gasteiger partial charge >= 0.3 is 6.09 Å². The molecule has 1 saturated carbocycles. The lowest BCUT2D eigenvalue weighted by Gasteiger charge is -2.59. The quantitative estimate of drug-likeness (QED) is 0.0302. The average molecular weight is 925 g/mol. The Kier molecular flexibility index (Phi) is 20.3. The van der Waals surface area contributed by atoms with Gasteiger partial charge in [0.15, 0.2) is 0 Å². The maximum atomic E-state index is 14.9. The summed E-state index contributed by atoms with van der Waals surface area (Å²) in [6.45, 7) is 6.83. The van der Waals surface area contributed by atoms with Gasteiger partial charge in [-0.15, -0.1) is 6.58 Å². The second-order valence-corrected chi connectivity index (χ2v) is 18.3. The molecule has 3 aromatic carbocycles. The average Bonchev–Trinajstić information content (AvgIpc) is 3.34. The van der Waals surface area contributed by atoms with E-state index in [0.717, 1.165) is 68.8 Å². The normalized spacial score (nSPS) is 22.2. The number of aliphatic hydroxyl groups is 2. The first-order valence-corrected chi connectivity index (χ1v) is 24.8. The predicted octanol–water partition coefficient (Wildman–Crippen LogP) is 12.3. The number of carbonyl (C=O) groups is 2. The van der Waals surface area contributed by atoms with Crippen molar-refractivity contribution in [1.29, 1.82) is 0 Å². The maximum absolute atomic E-state index is 14.9. The highest BCUT2D eigenvalue weighted by Gasteiger charge is 2.65. The fourth-order valence-corrected chi connectivity index (χ4v) is 10.5. The van der Waals surface area contributed by atoms with Gasteiger partial charge in [-0.2, -0.15) is 0 Å². The van der Waals surface area contributed by atoms with Gasteiger partial charge in [-0.05, 0) is 97.5 Å². The summed E-state index contributed by atoms with van der Waals surface area (Å²) in [6, 6.07) is 18.0. The number of nitrogens with zero attached hydrogens (tertiary/aromatic N) is 2. The van der Waals surface area contributed by atoms with E-state index in [0.29, 0.717) is 46.9 Å². The Morgan fingerprint density at radius 2 is 1.60 bits per heavy atom. The number of hydrogen-bond acceptors (Lipinski definition) is 10. The van der Waals surface area contributed by atoms with Gasteiger partial charge in [0.1, 0.15) is 42.5 Å². The number of carbonyl (C=O) groups excluding carboxylic acids is 2. The molecule has 0 aromatic heterocycles. The molecule has 6 rings (SSSR count). The van der Waals surface area contributed by atoms with Gasteiger partial charge in [0.2, 0.25) is 5.79 Å². The van der Waals surface area contributed by atoms with Crippen molar-refractivity contribution in [1.82, 2.24) is 4.90 Å². The lowest BCUT2D eigenvalue weighted by atomic mass is 9.55. The molecule has 1 amide bonds. The zero-order valence-corrected chi connectivity index (χ0v) is 39.8. The van der Waals surface area contributed by atoms with Crippen molar-refractivity contribution < 1.29 is 48.0 Å². The molecular formula is C55H73FN2O9. The molecule has 0 radical (unpaired) electrons. The van der Waals surface area contributed by atoms with Gasteiger partial charge < -0.3 is 34.0 Å². The summed E-state index contributed by atoms with van der Waals surface area (Å²) >= 11 is 0. The minimum atomic E-state index is -1.51. The topological polar surface area (TPSA) is 136 Å². The van der Waals surface area contributed by atoms with Crippen LogP contribution in [0.4, 0.5) is 9.18 Å². The van der Waals surface area contributed by atoms with Gasteiger partial charge in [0, 0.05) is 43.2 Å². The SMILES string of the molecule is C=CCOC12Oc3ccc(Oc4cccc(C=O)c4)cc3C3C(CCCCO)C(CCCCO)C=C(C(=NOC)CC1N(Cc1ccc(F)cc1)C(=O)OCCCCCCCCCCCC)C32. The Balaban J connectivity index is 1.44. The van der Waals surface area contributed by atoms with Crippen LogP contribution < -0.4 is 9.47 Å². The minimum Gasteiger partial charge on any atom is -0.459 e. The first-order valence-electron chi connectivity index (χ1n) is 24.8. The molecule has 1 aliphatic heterocycles. The monoisotopic (exact) mass is 925 g/mol. The third-order valence-electron chi connectivity index (χ3n) is 13.7. The number of aldehydes is 1. The fraction of sp³-hybridized carbons (Fsp3) is 0.545. The Morgan fingerprint density at radius 1 is 0.896 bits per heavy atom. The number of benzene rings is 3. The summed E-state index contributed by atoms with van der Waals surface area (Å²) in [5.74, 6) is -1.04. The number of fused-ring (bicyclic) bond motifs is 2. The van der Waals surface area contributed by atoms with Crippen LogP contribution in [0.2, 0.25) is 0 Å². The van der Waals surface area contributed by atoms with Crippen LogP contribution in [-0.2, 0) is 20.9 Å². The Morgan fingerprint density at radius 3 is 2.28 bits per heavy atom. The number of oxime groups is 1. The molecule has 2 N–H and O–H groups in total. The number of ether oxygens (including phenoxy) is 4. The summed E-state index contributed by atoms with van der Waals surface area (Å²) in [5.41, 5.74) is 3.63. The van der Waals surface area contributed by atoms with E-state index >= 15 is 0 Å². The van der Waals surface area contributed by atoms with E-state index in [-0.39, 0.29) is 63.0 Å². The molecule has 2 aliphatic carbocycles. The summed E-state index contributed by atoms with van der Waals surface area (Å²) < 4.78 is 41.4. The molecule has 0 saturated heterocycles. The third kappa shape index (κ3) is 13.4. The lowest BCUT2D eigenvalue weighted by Crippen LogP contribution is -2.70. The molecule has 3 aliphatic rings. The Hall–Kier alpha value is -5.04. The highest BCUT2D eigenvalue weighted by molar-refractivity contribution is 6.03. The molecule has 11 nitrogen and oxygen atoms in total. The van der Waals surface area contributed by atoms with Crippen molar-refractivity contribution in [3.05, 3.63) is 114 Å². The number of unbranched alkanes of at least 4 members (excludes halogenated alkanes) is 11. The predicted molar refractivity (Wildman–Crippen MR) is 259 cm³/mol. The summed E-state index contributed by atoms with van der Waals surface area (Å²) in [5, 5.41) is 24.6. The second-order valence-electron chi connectivity index (χ2n) is 18.3. The largest absolute Gasteiger partial charge is 0.459 e. The molecule has 12 heteroatoms. The zero-order valence-electron chi connectivity index (χ0n) is 39.8. The summed E-state index contributed by atoms with van der Waals surface area (Å²) in [7, 11) is 1.52. The standard InChI is InChI=1S/C55H73FN2O9/c1-4-6-7-8-9-10-11-12-13-18-33-64-54(62)58(38-40-24-26-43(56)27-25-40)51-37-49(57-63-3)47-35-42(21-14-16-30-59)46(23-15-17-31-60)52-48-36-45(66-44-22-19-20-41(34-44)39-61)28-29-50(48)67-55(51,53(47)52)65-32-5-2/h5,19-20,22,24-29,34-36,39,42,46,51-53,59-60H,2,4,6-18,21,23,30-33,37-38H2,1,3H3. The van der Waals surface area contributed by atoms with E-state index in [4.69, 9.17) is 23.8 Å². The minimum absolute atomic E-state index is 0.00150. The molecule has 6 unspecified atom stereocenters. The van der Waals surface area contributed by atoms with E-state index < -0.39 is 23.8 Å². The molecule has 364 valence electrons. The van der Waals surface area contributed by atoms with Crippen molar-refractivity contribution in [2.75, 3.05) is 33.5 Å². The van der Waals surface area contributed by atoms with E-state index in [1.807, 2.05) is 18.2 Å². The van der Waals surface area contributed by atoms with Crippen molar-refractivity contribution >= 4 is 18.1 Å². The van der Waals surface area contributed by atoms with E-state index in [1.165, 1.54) is 57.8 Å². The highest BCUT2D eigenvalue weighted by atomic mass is 19.1. The molecular weight excluding hydrogens is 852 g/mol. The lowest BCUT2D eigenvalue weighted by molar-refractivity contribution is -0.256. The third-order valence-corrected chi connectivity index (χ3v) is 13.7. The zero-order chi connectivity index (χ0) is 47.4. The van der Waals surface area contributed by atoms with Gasteiger partial charge in [0.05, 0.1) is 24.8 Å². The fourth-order valence-electron chi connectivity index (χ4n) is 10.5. The first-order chi connectivity index (χ1) is 32.8. The smallest absolute Gasteiger partial charge is 0.410 e. The number of amides is 1. The molecule has 1 heterocycles. The molecule has 67 heavy (non-hydrogen) atoms. The van der Waals surface area contributed by atoms with Gasteiger partial charge in [-0.1, -0.05) is 119 Å². The van der Waals surface area contributed by atoms with Crippen LogP contribution in [0.3, 0.4) is 0 Å². The first kappa shape index (κ1) is 51.4. The Labute approximate surface area is 397 Å². The van der Waals surface area contributed by atoms with Gasteiger partial charge in [0.25, 0.3) is 0 Å². The van der Waals surface area contributed by atoms with Crippen LogP contribution in [0.15, 0.2) is 96.2 Å². The van der Waals surface area contributed by atoms with Gasteiger partial charge in [-0.3, -0.25) is 9.69 Å². The summed E-state index contributed by atoms with van der Waals surface area (Å²) in [4.78, 5) is 33.8. The van der Waals surface area contributed by atoms with Gasteiger partial charge in [-0.25, -0.2) is 9.18 Å². The number of rotatable bonds is 29. The van der Waals surface area contributed by atoms with E-state index in [1.54, 1.807) is 47.4 Å². The van der Waals surface area contributed by atoms with Crippen molar-refractivity contribution in [3.8, 4) is 17.2 Å². The molecule has 0 spiro atoms. The van der Waals surface area contributed by atoms with E-state index in [2.05, 4.69) is 24.7 Å². The van der Waals surface area contributed by atoms with Crippen LogP contribution in [0.25, 0.3) is 0 Å². The van der Waals surface area contributed by atoms with Crippen LogP contribution in [-0.4, -0.2) is 78.6 Å². The second kappa shape index (κ2) is 26.5. The molecule has 1 fully saturated rings. The number of aliphatic hydroxyl groups excluding tert-OH is 2. The molecule has 3 aromatic rings. The number of hydrogen-bond donors (Lipinski definition) is 2. The van der Waals surface area contributed by atoms with Crippen molar-refractivity contribution in [2.45, 2.75) is 140 Å². The maximum Gasteiger partial charge on any atom is 0.410 e. The van der Waals surface area contributed by atoms with Crippen LogP contribution in [0, 0.1) is 23.6 Å². The van der Waals surface area contributed by atoms with Crippen molar-refractivity contribution in [2.24, 2.45) is 22.9 Å². The molecule has 6 atom stereocenters. The van der Waals surface area contributed by atoms with Crippen LogP contribution in [0.1, 0.15) is 143 Å². The number of allylic oxidation sites excluding steroid dienone is 1. The highest BCUT2D eigenvalue weighted by Crippen LogP contribution is 2.62. The van der Waals surface area contributed by atoms with Crippen molar-refractivity contribution in [3.63, 3.8) is 0 Å². The van der Waals surface area contributed by atoms with Crippen LogP contribution in [0.5, 0.6) is 17.2 Å².